The van der Waals surface area contributed by atoms with Crippen LogP contribution in [0.25, 0.3) is 0 Å². The standard InChI is InChI=1S/C13H19N3S/c1-2-4-13(5-6-13)9-16-11-8-15-7-3-10(11)12(14)17/h3,7-8,16H,2,4-6,9H2,1H3,(H2,14,17). The zero-order valence-corrected chi connectivity index (χ0v) is 11.0. The van der Waals surface area contributed by atoms with Gasteiger partial charge in [0.25, 0.3) is 0 Å². The zero-order chi connectivity index (χ0) is 12.3. The van der Waals surface area contributed by atoms with Gasteiger partial charge in [-0.1, -0.05) is 25.6 Å². The van der Waals surface area contributed by atoms with Gasteiger partial charge < -0.3 is 11.1 Å². The van der Waals surface area contributed by atoms with Crippen molar-refractivity contribution in [2.45, 2.75) is 32.6 Å². The van der Waals surface area contributed by atoms with Crippen molar-refractivity contribution < 1.29 is 0 Å². The fourth-order valence-corrected chi connectivity index (χ4v) is 2.43. The molecule has 0 atom stereocenters. The Morgan fingerprint density at radius 1 is 1.59 bits per heavy atom. The number of nitrogens with one attached hydrogen (secondary N) is 1. The second-order valence-corrected chi connectivity index (χ2v) is 5.33. The van der Waals surface area contributed by atoms with Crippen LogP contribution in [0.1, 0.15) is 38.2 Å². The summed E-state index contributed by atoms with van der Waals surface area (Å²) in [5.41, 5.74) is 8.06. The maximum Gasteiger partial charge on any atom is 0.106 e. The molecule has 0 aliphatic heterocycles. The molecule has 3 nitrogen and oxygen atoms in total. The largest absolute Gasteiger partial charge is 0.389 e. The molecule has 0 amide bonds. The van der Waals surface area contributed by atoms with Gasteiger partial charge in [-0.3, -0.25) is 4.98 Å². The number of thiocarbonyl (C=S) groups is 1. The normalized spacial score (nSPS) is 16.5. The molecule has 0 bridgehead atoms. The van der Waals surface area contributed by atoms with Gasteiger partial charge in [-0.15, -0.1) is 0 Å². The van der Waals surface area contributed by atoms with E-state index >= 15 is 0 Å². The minimum absolute atomic E-state index is 0.426. The van der Waals surface area contributed by atoms with Gasteiger partial charge in [0, 0.05) is 18.3 Å². The third kappa shape index (κ3) is 2.94. The Morgan fingerprint density at radius 2 is 2.35 bits per heavy atom. The van der Waals surface area contributed by atoms with Crippen LogP contribution in [-0.2, 0) is 0 Å². The minimum atomic E-state index is 0.426. The Morgan fingerprint density at radius 3 is 2.94 bits per heavy atom. The van der Waals surface area contributed by atoms with Gasteiger partial charge in [0.1, 0.15) is 4.99 Å². The fourth-order valence-electron chi connectivity index (χ4n) is 2.26. The summed E-state index contributed by atoms with van der Waals surface area (Å²) in [7, 11) is 0. The van der Waals surface area contributed by atoms with Crippen LogP contribution in [-0.4, -0.2) is 16.5 Å². The van der Waals surface area contributed by atoms with Crippen LogP contribution in [0, 0.1) is 5.41 Å². The Hall–Kier alpha value is -1.16. The lowest BCUT2D eigenvalue weighted by atomic mass is 10.0. The van der Waals surface area contributed by atoms with Crippen molar-refractivity contribution in [2.24, 2.45) is 11.1 Å². The van der Waals surface area contributed by atoms with E-state index in [4.69, 9.17) is 18.0 Å². The van der Waals surface area contributed by atoms with Crippen molar-refractivity contribution in [3.63, 3.8) is 0 Å². The van der Waals surface area contributed by atoms with E-state index in [-0.39, 0.29) is 0 Å². The van der Waals surface area contributed by atoms with Crippen LogP contribution in [0.15, 0.2) is 18.5 Å². The first-order valence-electron chi connectivity index (χ1n) is 6.14. The molecule has 1 saturated carbocycles. The highest BCUT2D eigenvalue weighted by Gasteiger charge is 2.41. The second kappa shape index (κ2) is 5.00. The second-order valence-electron chi connectivity index (χ2n) is 4.89. The van der Waals surface area contributed by atoms with Gasteiger partial charge in [0.2, 0.25) is 0 Å². The molecule has 3 N–H and O–H groups in total. The number of nitrogens with zero attached hydrogens (tertiary/aromatic N) is 1. The molecule has 1 aromatic heterocycles. The summed E-state index contributed by atoms with van der Waals surface area (Å²) >= 11 is 5.03. The summed E-state index contributed by atoms with van der Waals surface area (Å²) in [6.45, 7) is 3.24. The van der Waals surface area contributed by atoms with Crippen LogP contribution in [0.2, 0.25) is 0 Å². The molecule has 17 heavy (non-hydrogen) atoms. The molecule has 92 valence electrons. The first-order valence-corrected chi connectivity index (χ1v) is 6.55. The van der Waals surface area contributed by atoms with E-state index < -0.39 is 0 Å². The molecule has 1 heterocycles. The molecule has 1 fully saturated rings. The van der Waals surface area contributed by atoms with Crippen molar-refractivity contribution in [2.75, 3.05) is 11.9 Å². The Labute approximate surface area is 108 Å². The molecule has 4 heteroatoms. The zero-order valence-electron chi connectivity index (χ0n) is 10.2. The quantitative estimate of drug-likeness (QED) is 0.761. The molecule has 2 rings (SSSR count). The summed E-state index contributed by atoms with van der Waals surface area (Å²) in [4.78, 5) is 4.54. The van der Waals surface area contributed by atoms with Crippen molar-refractivity contribution in [1.82, 2.24) is 4.98 Å². The highest BCUT2D eigenvalue weighted by atomic mass is 32.1. The van der Waals surface area contributed by atoms with Gasteiger partial charge >= 0.3 is 0 Å². The topological polar surface area (TPSA) is 50.9 Å². The number of hydrogen-bond donors (Lipinski definition) is 2. The predicted octanol–water partition coefficient (Wildman–Crippen LogP) is 2.71. The Balaban J connectivity index is 2.02. The summed E-state index contributed by atoms with van der Waals surface area (Å²) in [6, 6.07) is 1.87. The average molecular weight is 249 g/mol. The van der Waals surface area contributed by atoms with Crippen LogP contribution >= 0.6 is 12.2 Å². The molecule has 0 saturated heterocycles. The molecule has 1 aliphatic rings. The van der Waals surface area contributed by atoms with Crippen molar-refractivity contribution in [3.8, 4) is 0 Å². The molecule has 1 aliphatic carbocycles. The van der Waals surface area contributed by atoms with Gasteiger partial charge in [0.05, 0.1) is 11.9 Å². The van der Waals surface area contributed by atoms with Gasteiger partial charge in [0.15, 0.2) is 0 Å². The number of hydrogen-bond acceptors (Lipinski definition) is 3. The Kier molecular flexibility index (Phi) is 3.62. The summed E-state index contributed by atoms with van der Waals surface area (Å²) < 4.78 is 0. The smallest absolute Gasteiger partial charge is 0.106 e. The highest BCUT2D eigenvalue weighted by Crippen LogP contribution is 2.49. The lowest BCUT2D eigenvalue weighted by Crippen LogP contribution is -2.19. The van der Waals surface area contributed by atoms with E-state index in [1.54, 1.807) is 12.4 Å². The molecule has 0 aromatic carbocycles. The number of nitrogens with two attached hydrogens (primary N) is 1. The van der Waals surface area contributed by atoms with E-state index in [0.29, 0.717) is 10.4 Å². The molecular formula is C13H19N3S. The molecular weight excluding hydrogens is 230 g/mol. The highest BCUT2D eigenvalue weighted by molar-refractivity contribution is 7.80. The lowest BCUT2D eigenvalue weighted by molar-refractivity contribution is 0.485. The molecule has 0 unspecified atom stereocenters. The monoisotopic (exact) mass is 249 g/mol. The molecule has 1 aromatic rings. The summed E-state index contributed by atoms with van der Waals surface area (Å²) in [6.07, 6.45) is 8.72. The average Bonchev–Trinajstić information content (AvgIpc) is 3.08. The SMILES string of the molecule is CCCC1(CNc2cnccc2C(N)=S)CC1. The van der Waals surface area contributed by atoms with E-state index in [9.17, 15) is 0 Å². The molecule has 0 radical (unpaired) electrons. The third-order valence-corrected chi connectivity index (χ3v) is 3.70. The van der Waals surface area contributed by atoms with Gasteiger partial charge in [-0.05, 0) is 30.7 Å². The van der Waals surface area contributed by atoms with E-state index in [2.05, 4.69) is 17.2 Å². The van der Waals surface area contributed by atoms with Gasteiger partial charge in [-0.2, -0.15) is 0 Å². The summed E-state index contributed by atoms with van der Waals surface area (Å²) in [5, 5.41) is 3.45. The van der Waals surface area contributed by atoms with Crippen molar-refractivity contribution in [1.29, 1.82) is 0 Å². The van der Waals surface area contributed by atoms with Crippen LogP contribution in [0.4, 0.5) is 5.69 Å². The first-order chi connectivity index (χ1) is 8.17. The first kappa shape index (κ1) is 12.3. The van der Waals surface area contributed by atoms with Crippen molar-refractivity contribution in [3.05, 3.63) is 24.0 Å². The fraction of sp³-hybridized carbons (Fsp3) is 0.538. The lowest BCUT2D eigenvalue weighted by Gasteiger charge is -2.17. The number of aromatic nitrogens is 1. The van der Waals surface area contributed by atoms with Crippen LogP contribution in [0.3, 0.4) is 0 Å². The van der Waals surface area contributed by atoms with E-state index in [1.807, 2.05) is 6.07 Å². The minimum Gasteiger partial charge on any atom is -0.389 e. The predicted molar refractivity (Wildman–Crippen MR) is 75.2 cm³/mol. The molecule has 0 spiro atoms. The van der Waals surface area contributed by atoms with E-state index in [0.717, 1.165) is 17.8 Å². The van der Waals surface area contributed by atoms with Crippen LogP contribution in [0.5, 0.6) is 0 Å². The number of rotatable bonds is 6. The maximum absolute atomic E-state index is 5.69. The van der Waals surface area contributed by atoms with Crippen LogP contribution < -0.4 is 11.1 Å². The van der Waals surface area contributed by atoms with Crippen molar-refractivity contribution >= 4 is 22.9 Å². The van der Waals surface area contributed by atoms with Gasteiger partial charge in [-0.25, -0.2) is 0 Å². The maximum atomic E-state index is 5.69. The van der Waals surface area contributed by atoms with E-state index in [1.165, 1.54) is 25.7 Å². The third-order valence-electron chi connectivity index (χ3n) is 3.48. The summed E-state index contributed by atoms with van der Waals surface area (Å²) in [5.74, 6) is 0. The number of pyridine rings is 1. The number of anilines is 1. The Bertz CT molecular complexity index is 413.